The van der Waals surface area contributed by atoms with Crippen LogP contribution in [0.25, 0.3) is 10.6 Å². The first-order valence-electron chi connectivity index (χ1n) is 8.45. The molecule has 0 aromatic carbocycles. The van der Waals surface area contributed by atoms with E-state index in [1.54, 1.807) is 29.4 Å². The number of pyridine rings is 1. The van der Waals surface area contributed by atoms with Crippen LogP contribution in [0.2, 0.25) is 4.34 Å². The second-order valence-corrected chi connectivity index (χ2v) is 7.92. The molecule has 0 spiro atoms. The predicted octanol–water partition coefficient (Wildman–Crippen LogP) is 3.86. The van der Waals surface area contributed by atoms with Crippen molar-refractivity contribution in [1.82, 2.24) is 19.9 Å². The van der Waals surface area contributed by atoms with Gasteiger partial charge in [0.15, 0.2) is 5.82 Å². The van der Waals surface area contributed by atoms with Crippen LogP contribution in [-0.4, -0.2) is 39.0 Å². The van der Waals surface area contributed by atoms with E-state index in [0.29, 0.717) is 34.6 Å². The number of carbonyl (C=O) groups excluding carboxylic acids is 1. The summed E-state index contributed by atoms with van der Waals surface area (Å²) in [6.07, 6.45) is 4.27. The molecule has 0 bridgehead atoms. The Hall–Kier alpha value is -2.71. The third-order valence-corrected chi connectivity index (χ3v) is 5.66. The van der Waals surface area contributed by atoms with Crippen molar-refractivity contribution in [3.63, 3.8) is 0 Å². The SMILES string of the molecule is Nc1ccc(-c2ccc(Cl)s2)nc1NC(=O)N1CC[C@@H](c2ncccn2)C1. The van der Waals surface area contributed by atoms with Crippen molar-refractivity contribution >= 4 is 40.5 Å². The Morgan fingerprint density at radius 1 is 1.26 bits per heavy atom. The fourth-order valence-corrected chi connectivity index (χ4v) is 4.03. The molecule has 4 heterocycles. The number of nitrogens with two attached hydrogens (primary N) is 1. The number of thiophene rings is 1. The molecule has 1 atom stereocenters. The summed E-state index contributed by atoms with van der Waals surface area (Å²) in [5, 5.41) is 2.82. The van der Waals surface area contributed by atoms with E-state index in [2.05, 4.69) is 20.3 Å². The van der Waals surface area contributed by atoms with Crippen molar-refractivity contribution < 1.29 is 4.79 Å². The Kier molecular flexibility index (Phi) is 4.91. The molecule has 3 aromatic rings. The lowest BCUT2D eigenvalue weighted by molar-refractivity contribution is 0.222. The number of halogens is 1. The summed E-state index contributed by atoms with van der Waals surface area (Å²) in [7, 11) is 0. The molecule has 9 heteroatoms. The average Bonchev–Trinajstić information content (AvgIpc) is 3.34. The first-order chi connectivity index (χ1) is 13.1. The van der Waals surface area contributed by atoms with Crippen molar-refractivity contribution in [3.8, 4) is 10.6 Å². The van der Waals surface area contributed by atoms with Gasteiger partial charge in [0.1, 0.15) is 5.82 Å². The number of hydrogen-bond acceptors (Lipinski definition) is 6. The Morgan fingerprint density at radius 3 is 2.81 bits per heavy atom. The van der Waals surface area contributed by atoms with Gasteiger partial charge in [-0.1, -0.05) is 11.6 Å². The summed E-state index contributed by atoms with van der Waals surface area (Å²) in [5.74, 6) is 1.25. The topological polar surface area (TPSA) is 97.0 Å². The van der Waals surface area contributed by atoms with E-state index in [4.69, 9.17) is 17.3 Å². The van der Waals surface area contributed by atoms with E-state index in [1.165, 1.54) is 11.3 Å². The fourth-order valence-electron chi connectivity index (χ4n) is 3.02. The number of urea groups is 1. The van der Waals surface area contributed by atoms with Crippen molar-refractivity contribution in [1.29, 1.82) is 0 Å². The second kappa shape index (κ2) is 7.50. The minimum Gasteiger partial charge on any atom is -0.396 e. The number of hydrogen-bond donors (Lipinski definition) is 2. The molecule has 7 nitrogen and oxygen atoms in total. The highest BCUT2D eigenvalue weighted by molar-refractivity contribution is 7.19. The van der Waals surface area contributed by atoms with E-state index < -0.39 is 0 Å². The van der Waals surface area contributed by atoms with E-state index >= 15 is 0 Å². The smallest absolute Gasteiger partial charge is 0.323 e. The van der Waals surface area contributed by atoms with Crippen LogP contribution in [0.5, 0.6) is 0 Å². The number of carbonyl (C=O) groups is 1. The summed E-state index contributed by atoms with van der Waals surface area (Å²) in [4.78, 5) is 28.4. The summed E-state index contributed by atoms with van der Waals surface area (Å²) in [5.41, 5.74) is 7.13. The Morgan fingerprint density at radius 2 is 2.07 bits per heavy atom. The predicted molar refractivity (Wildman–Crippen MR) is 107 cm³/mol. The molecule has 4 rings (SSSR count). The zero-order chi connectivity index (χ0) is 18.8. The molecule has 1 fully saturated rings. The highest BCUT2D eigenvalue weighted by atomic mass is 35.5. The fraction of sp³-hybridized carbons (Fsp3) is 0.222. The highest BCUT2D eigenvalue weighted by Gasteiger charge is 2.29. The molecule has 138 valence electrons. The van der Waals surface area contributed by atoms with E-state index in [0.717, 1.165) is 17.1 Å². The molecule has 0 unspecified atom stereocenters. The number of anilines is 2. The quantitative estimate of drug-likeness (QED) is 0.695. The number of rotatable bonds is 3. The largest absolute Gasteiger partial charge is 0.396 e. The van der Waals surface area contributed by atoms with Gasteiger partial charge in [0, 0.05) is 31.4 Å². The van der Waals surface area contributed by atoms with E-state index in [1.807, 2.05) is 18.2 Å². The minimum atomic E-state index is -0.228. The number of nitrogens with one attached hydrogen (secondary N) is 1. The molecule has 2 amide bonds. The van der Waals surface area contributed by atoms with E-state index in [-0.39, 0.29) is 11.9 Å². The molecule has 0 radical (unpaired) electrons. The molecule has 1 aliphatic rings. The highest BCUT2D eigenvalue weighted by Crippen LogP contribution is 2.32. The van der Waals surface area contributed by atoms with Crippen molar-refractivity contribution in [2.45, 2.75) is 12.3 Å². The number of amides is 2. The molecule has 27 heavy (non-hydrogen) atoms. The van der Waals surface area contributed by atoms with Gasteiger partial charge in [0.05, 0.1) is 20.6 Å². The van der Waals surface area contributed by atoms with Crippen LogP contribution in [0.3, 0.4) is 0 Å². The van der Waals surface area contributed by atoms with Crippen LogP contribution in [0.1, 0.15) is 18.2 Å². The number of likely N-dealkylation sites (tertiary alicyclic amines) is 1. The number of nitrogens with zero attached hydrogens (tertiary/aromatic N) is 4. The van der Waals surface area contributed by atoms with Gasteiger partial charge in [-0.3, -0.25) is 5.32 Å². The Bertz CT molecular complexity index is 963. The van der Waals surface area contributed by atoms with Gasteiger partial charge in [-0.25, -0.2) is 19.7 Å². The number of nitrogen functional groups attached to an aromatic ring is 1. The normalized spacial score (nSPS) is 16.5. The monoisotopic (exact) mass is 400 g/mol. The minimum absolute atomic E-state index is 0.141. The standard InChI is InChI=1S/C18H17ClN6OS/c19-15-5-4-14(27-15)13-3-2-12(20)17(23-13)24-18(26)25-9-6-11(10-25)16-21-7-1-8-22-16/h1-5,7-8,11H,6,9-10,20H2,(H,23,24,26)/t11-/m1/s1. The van der Waals surface area contributed by atoms with Crippen molar-refractivity contribution in [3.05, 3.63) is 52.9 Å². The maximum atomic E-state index is 12.7. The maximum Gasteiger partial charge on any atom is 0.323 e. The molecule has 3 N–H and O–H groups in total. The zero-order valence-corrected chi connectivity index (χ0v) is 15.9. The maximum absolute atomic E-state index is 12.7. The summed E-state index contributed by atoms with van der Waals surface area (Å²) >= 11 is 7.42. The van der Waals surface area contributed by atoms with Gasteiger partial charge in [0.2, 0.25) is 0 Å². The third kappa shape index (κ3) is 3.86. The van der Waals surface area contributed by atoms with Crippen LogP contribution in [-0.2, 0) is 0 Å². The first kappa shape index (κ1) is 17.7. The molecular weight excluding hydrogens is 384 g/mol. The lowest BCUT2D eigenvalue weighted by Crippen LogP contribution is -2.33. The molecule has 3 aromatic heterocycles. The van der Waals surface area contributed by atoms with Crippen LogP contribution in [0.15, 0.2) is 42.7 Å². The van der Waals surface area contributed by atoms with Gasteiger partial charge < -0.3 is 10.6 Å². The zero-order valence-electron chi connectivity index (χ0n) is 14.3. The van der Waals surface area contributed by atoms with Gasteiger partial charge in [-0.15, -0.1) is 11.3 Å². The third-order valence-electron chi connectivity index (χ3n) is 4.40. The van der Waals surface area contributed by atoms with Crippen LogP contribution < -0.4 is 11.1 Å². The lowest BCUT2D eigenvalue weighted by Gasteiger charge is -2.17. The average molecular weight is 401 g/mol. The molecule has 1 saturated heterocycles. The summed E-state index contributed by atoms with van der Waals surface area (Å²) in [6.45, 7) is 1.20. The van der Waals surface area contributed by atoms with Gasteiger partial charge in [-0.05, 0) is 36.8 Å². The second-order valence-electron chi connectivity index (χ2n) is 6.21. The Balaban J connectivity index is 1.47. The summed E-state index contributed by atoms with van der Waals surface area (Å²) in [6, 6.07) is 8.80. The molecule has 0 aliphatic carbocycles. The van der Waals surface area contributed by atoms with Crippen LogP contribution >= 0.6 is 22.9 Å². The van der Waals surface area contributed by atoms with Gasteiger partial charge >= 0.3 is 6.03 Å². The van der Waals surface area contributed by atoms with Crippen LogP contribution in [0, 0.1) is 0 Å². The van der Waals surface area contributed by atoms with Crippen molar-refractivity contribution in [2.75, 3.05) is 24.1 Å². The lowest BCUT2D eigenvalue weighted by atomic mass is 10.1. The Labute approximate surface area is 165 Å². The molecule has 0 saturated carbocycles. The first-order valence-corrected chi connectivity index (χ1v) is 9.64. The summed E-state index contributed by atoms with van der Waals surface area (Å²) < 4.78 is 0.681. The van der Waals surface area contributed by atoms with Crippen LogP contribution in [0.4, 0.5) is 16.3 Å². The van der Waals surface area contributed by atoms with Crippen molar-refractivity contribution in [2.24, 2.45) is 0 Å². The molecular formula is C18H17ClN6OS. The number of aromatic nitrogens is 3. The molecule has 1 aliphatic heterocycles. The van der Waals surface area contributed by atoms with Gasteiger partial charge in [0.25, 0.3) is 0 Å². The van der Waals surface area contributed by atoms with E-state index in [9.17, 15) is 4.79 Å². The van der Waals surface area contributed by atoms with Gasteiger partial charge in [-0.2, -0.15) is 0 Å².